The van der Waals surface area contributed by atoms with Crippen molar-refractivity contribution in [3.63, 3.8) is 0 Å². The van der Waals surface area contributed by atoms with E-state index in [1.807, 2.05) is 0 Å². The molecule has 0 unspecified atom stereocenters. The van der Waals surface area contributed by atoms with E-state index in [1.165, 1.54) is 32.1 Å². The molecule has 0 bridgehead atoms. The topological polar surface area (TPSA) is 83.0 Å². The lowest BCUT2D eigenvalue weighted by atomic mass is 9.79. The van der Waals surface area contributed by atoms with Crippen LogP contribution in [0.4, 0.5) is 0 Å². The summed E-state index contributed by atoms with van der Waals surface area (Å²) in [6.07, 6.45) is 8.24. The van der Waals surface area contributed by atoms with Crippen molar-refractivity contribution in [1.82, 2.24) is 9.97 Å². The van der Waals surface area contributed by atoms with Crippen molar-refractivity contribution in [2.45, 2.75) is 64.7 Å². The Kier molecular flexibility index (Phi) is 5.15. The zero-order chi connectivity index (χ0) is 15.4. The van der Waals surface area contributed by atoms with Crippen LogP contribution < -0.4 is 5.56 Å². The lowest BCUT2D eigenvalue weighted by Crippen LogP contribution is -2.25. The fourth-order valence-corrected chi connectivity index (χ4v) is 3.27. The third kappa shape index (κ3) is 3.71. The fourth-order valence-electron chi connectivity index (χ4n) is 3.27. The molecule has 0 atom stereocenters. The van der Waals surface area contributed by atoms with Gasteiger partial charge in [-0.25, -0.2) is 9.78 Å². The number of carbonyl (C=O) groups is 1. The zero-order valence-electron chi connectivity index (χ0n) is 12.8. The smallest absolute Gasteiger partial charge is 0.343 e. The second-order valence-corrected chi connectivity index (χ2v) is 6.08. The Labute approximate surface area is 124 Å². The summed E-state index contributed by atoms with van der Waals surface area (Å²) >= 11 is 0. The van der Waals surface area contributed by atoms with Crippen LogP contribution in [0.1, 0.15) is 79.7 Å². The summed E-state index contributed by atoms with van der Waals surface area (Å²) in [7, 11) is 0. The molecule has 2 rings (SSSR count). The van der Waals surface area contributed by atoms with Crippen molar-refractivity contribution < 1.29 is 9.90 Å². The van der Waals surface area contributed by atoms with E-state index in [9.17, 15) is 9.59 Å². The van der Waals surface area contributed by atoms with E-state index in [0.29, 0.717) is 11.5 Å². The molecule has 116 valence electrons. The summed E-state index contributed by atoms with van der Waals surface area (Å²) in [4.78, 5) is 29.9. The summed E-state index contributed by atoms with van der Waals surface area (Å²) in [6, 6.07) is 0. The van der Waals surface area contributed by atoms with Gasteiger partial charge in [-0.1, -0.05) is 26.2 Å². The molecule has 5 nitrogen and oxygen atoms in total. The fraction of sp³-hybridized carbons (Fsp3) is 0.688. The molecule has 0 aromatic carbocycles. The minimum atomic E-state index is -1.21. The average Bonchev–Trinajstić information content (AvgIpc) is 2.44. The minimum absolute atomic E-state index is 0.240. The molecular formula is C16H24N2O3. The Hall–Kier alpha value is -1.65. The normalized spacial score (nSPS) is 22.2. The van der Waals surface area contributed by atoms with Crippen molar-refractivity contribution in [3.05, 3.63) is 27.4 Å². The highest BCUT2D eigenvalue weighted by molar-refractivity contribution is 5.88. The van der Waals surface area contributed by atoms with E-state index in [4.69, 9.17) is 5.11 Å². The minimum Gasteiger partial charge on any atom is -0.477 e. The Balaban J connectivity index is 2.07. The second-order valence-electron chi connectivity index (χ2n) is 6.08. The molecular weight excluding hydrogens is 268 g/mol. The molecule has 1 fully saturated rings. The van der Waals surface area contributed by atoms with Crippen molar-refractivity contribution >= 4 is 5.97 Å². The average molecular weight is 292 g/mol. The number of H-pyrrole nitrogens is 1. The van der Waals surface area contributed by atoms with Gasteiger partial charge in [-0.15, -0.1) is 0 Å². The number of rotatable bonds is 5. The van der Waals surface area contributed by atoms with Crippen LogP contribution in [0.5, 0.6) is 0 Å². The third-order valence-electron chi connectivity index (χ3n) is 4.53. The number of aryl methyl sites for hydroxylation is 1. The second kappa shape index (κ2) is 6.87. The first-order valence-corrected chi connectivity index (χ1v) is 7.87. The Bertz CT molecular complexity index is 557. The predicted octanol–water partition coefficient (Wildman–Crippen LogP) is 3.24. The summed E-state index contributed by atoms with van der Waals surface area (Å²) in [5.74, 6) is 0.511. The standard InChI is InChI=1S/C16H24N2O3/c1-3-4-5-11-6-8-12(9-7-11)14-17-10(2)13(16(20)21)15(19)18-14/h11-12H,3-9H2,1-2H3,(H,20,21)(H,17,18,19). The third-order valence-corrected chi connectivity index (χ3v) is 4.53. The first-order valence-electron chi connectivity index (χ1n) is 7.87. The monoisotopic (exact) mass is 292 g/mol. The quantitative estimate of drug-likeness (QED) is 0.872. The van der Waals surface area contributed by atoms with E-state index in [-0.39, 0.29) is 11.5 Å². The van der Waals surface area contributed by atoms with Crippen molar-refractivity contribution in [2.24, 2.45) is 5.92 Å². The van der Waals surface area contributed by atoms with Gasteiger partial charge in [0.1, 0.15) is 11.4 Å². The van der Waals surface area contributed by atoms with Crippen LogP contribution in [-0.2, 0) is 0 Å². The predicted molar refractivity (Wildman–Crippen MR) is 80.8 cm³/mol. The van der Waals surface area contributed by atoms with Gasteiger partial charge in [-0.3, -0.25) is 4.79 Å². The number of carboxylic acid groups (broad SMARTS) is 1. The molecule has 1 aromatic heterocycles. The van der Waals surface area contributed by atoms with Crippen LogP contribution in [0.2, 0.25) is 0 Å². The van der Waals surface area contributed by atoms with E-state index in [0.717, 1.165) is 18.8 Å². The maximum atomic E-state index is 11.9. The van der Waals surface area contributed by atoms with Gasteiger partial charge >= 0.3 is 5.97 Å². The maximum Gasteiger partial charge on any atom is 0.343 e. The molecule has 0 radical (unpaired) electrons. The highest BCUT2D eigenvalue weighted by Gasteiger charge is 2.25. The van der Waals surface area contributed by atoms with Gasteiger partial charge in [-0.05, 0) is 38.5 Å². The number of hydrogen-bond donors (Lipinski definition) is 2. The SMILES string of the molecule is CCCCC1CCC(c2nc(C)c(C(=O)O)c(=O)[nH]2)CC1. The number of hydrogen-bond acceptors (Lipinski definition) is 3. The van der Waals surface area contributed by atoms with Gasteiger partial charge in [0.2, 0.25) is 0 Å². The van der Waals surface area contributed by atoms with Crippen molar-refractivity contribution in [3.8, 4) is 0 Å². The molecule has 0 saturated heterocycles. The molecule has 2 N–H and O–H groups in total. The lowest BCUT2D eigenvalue weighted by Gasteiger charge is -2.28. The summed E-state index contributed by atoms with van der Waals surface area (Å²) in [6.45, 7) is 3.81. The van der Waals surface area contributed by atoms with Crippen LogP contribution in [0, 0.1) is 12.8 Å². The van der Waals surface area contributed by atoms with Crippen LogP contribution in [0.25, 0.3) is 0 Å². The Morgan fingerprint density at radius 1 is 1.33 bits per heavy atom. The summed E-state index contributed by atoms with van der Waals surface area (Å²) in [5, 5.41) is 9.00. The number of nitrogens with zero attached hydrogens (tertiary/aromatic N) is 1. The molecule has 0 aliphatic heterocycles. The number of unbranched alkanes of at least 4 members (excludes halogenated alkanes) is 1. The van der Waals surface area contributed by atoms with E-state index in [1.54, 1.807) is 6.92 Å². The summed E-state index contributed by atoms with van der Waals surface area (Å²) < 4.78 is 0. The van der Waals surface area contributed by atoms with E-state index in [2.05, 4.69) is 16.9 Å². The van der Waals surface area contributed by atoms with Crippen molar-refractivity contribution in [1.29, 1.82) is 0 Å². The largest absolute Gasteiger partial charge is 0.477 e. The van der Waals surface area contributed by atoms with Crippen molar-refractivity contribution in [2.75, 3.05) is 0 Å². The van der Waals surface area contributed by atoms with Gasteiger partial charge in [0, 0.05) is 5.92 Å². The van der Waals surface area contributed by atoms with Crippen LogP contribution >= 0.6 is 0 Å². The number of nitrogens with one attached hydrogen (secondary N) is 1. The van der Waals surface area contributed by atoms with E-state index >= 15 is 0 Å². The molecule has 1 heterocycles. The first kappa shape index (κ1) is 15.7. The zero-order valence-corrected chi connectivity index (χ0v) is 12.8. The first-order chi connectivity index (χ1) is 10.0. The number of aromatic amines is 1. The molecule has 1 aromatic rings. The number of aromatic nitrogens is 2. The molecule has 0 amide bonds. The van der Waals surface area contributed by atoms with Gasteiger partial charge in [-0.2, -0.15) is 0 Å². The van der Waals surface area contributed by atoms with Gasteiger partial charge in [0.15, 0.2) is 0 Å². The molecule has 1 saturated carbocycles. The molecule has 0 spiro atoms. The molecule has 5 heteroatoms. The highest BCUT2D eigenvalue weighted by atomic mass is 16.4. The highest BCUT2D eigenvalue weighted by Crippen LogP contribution is 2.36. The maximum absolute atomic E-state index is 11.9. The molecule has 21 heavy (non-hydrogen) atoms. The molecule has 1 aliphatic rings. The lowest BCUT2D eigenvalue weighted by molar-refractivity contribution is 0.0693. The number of aromatic carboxylic acids is 1. The van der Waals surface area contributed by atoms with E-state index < -0.39 is 11.5 Å². The van der Waals surface area contributed by atoms with Gasteiger partial charge < -0.3 is 10.1 Å². The van der Waals surface area contributed by atoms with Crippen LogP contribution in [0.3, 0.4) is 0 Å². The Morgan fingerprint density at radius 3 is 2.52 bits per heavy atom. The number of carboxylic acids is 1. The van der Waals surface area contributed by atoms with Crippen LogP contribution in [0.15, 0.2) is 4.79 Å². The van der Waals surface area contributed by atoms with Gasteiger partial charge in [0.25, 0.3) is 5.56 Å². The summed E-state index contributed by atoms with van der Waals surface area (Å²) in [5.41, 5.74) is -0.456. The van der Waals surface area contributed by atoms with Crippen LogP contribution in [-0.4, -0.2) is 21.0 Å². The van der Waals surface area contributed by atoms with Gasteiger partial charge in [0.05, 0.1) is 5.69 Å². The Morgan fingerprint density at radius 2 is 2.00 bits per heavy atom. The molecule has 1 aliphatic carbocycles.